The van der Waals surface area contributed by atoms with Gasteiger partial charge in [0.2, 0.25) is 0 Å². The molecule has 2 aromatic rings. The molecule has 0 bridgehead atoms. The van der Waals surface area contributed by atoms with Crippen molar-refractivity contribution in [1.82, 2.24) is 25.4 Å². The number of nitrogens with zero attached hydrogens (tertiary/aromatic N) is 4. The van der Waals surface area contributed by atoms with Crippen LogP contribution in [-0.2, 0) is 19.5 Å². The zero-order valence-electron chi connectivity index (χ0n) is 13.9. The highest BCUT2D eigenvalue weighted by atomic mass is 79.9. The van der Waals surface area contributed by atoms with E-state index in [4.69, 9.17) is 0 Å². The average molecular weight is 397 g/mol. The second kappa shape index (κ2) is 9.36. The van der Waals surface area contributed by atoms with Gasteiger partial charge in [-0.25, -0.2) is 9.38 Å². The van der Waals surface area contributed by atoms with E-state index < -0.39 is 0 Å². The molecule has 8 heteroatoms. The molecule has 0 spiro atoms. The number of guanidine groups is 1. The van der Waals surface area contributed by atoms with E-state index in [1.54, 1.807) is 18.5 Å². The Kier molecular flexibility index (Phi) is 7.17. The van der Waals surface area contributed by atoms with E-state index in [0.717, 1.165) is 29.8 Å². The lowest BCUT2D eigenvalue weighted by atomic mass is 10.2. The van der Waals surface area contributed by atoms with Crippen molar-refractivity contribution in [3.63, 3.8) is 0 Å². The summed E-state index contributed by atoms with van der Waals surface area (Å²) < 4.78 is 16.6. The van der Waals surface area contributed by atoms with E-state index >= 15 is 0 Å². The van der Waals surface area contributed by atoms with Crippen LogP contribution in [0.25, 0.3) is 0 Å². The zero-order valence-corrected chi connectivity index (χ0v) is 15.5. The molecule has 130 valence electrons. The normalized spacial score (nSPS) is 11.6. The highest BCUT2D eigenvalue weighted by Gasteiger charge is 2.04. The van der Waals surface area contributed by atoms with Gasteiger partial charge in [-0.15, -0.1) is 10.2 Å². The van der Waals surface area contributed by atoms with Crippen LogP contribution in [0.15, 0.2) is 34.0 Å². The maximum Gasteiger partial charge on any atom is 0.191 e. The lowest BCUT2D eigenvalue weighted by Gasteiger charge is -2.12. The van der Waals surface area contributed by atoms with Crippen LogP contribution in [0.4, 0.5) is 4.39 Å². The Hall–Kier alpha value is -1.96. The van der Waals surface area contributed by atoms with Crippen molar-refractivity contribution in [1.29, 1.82) is 0 Å². The predicted octanol–water partition coefficient (Wildman–Crippen LogP) is 2.50. The van der Waals surface area contributed by atoms with E-state index in [0.29, 0.717) is 18.1 Å². The molecule has 0 amide bonds. The summed E-state index contributed by atoms with van der Waals surface area (Å²) in [6, 6.07) is 4.86. The van der Waals surface area contributed by atoms with Gasteiger partial charge in [0, 0.05) is 36.1 Å². The van der Waals surface area contributed by atoms with E-state index in [-0.39, 0.29) is 12.4 Å². The third kappa shape index (κ3) is 5.30. The molecule has 1 aromatic carbocycles. The minimum atomic E-state index is -0.255. The lowest BCUT2D eigenvalue weighted by Crippen LogP contribution is -2.39. The van der Waals surface area contributed by atoms with Gasteiger partial charge in [-0.05, 0) is 25.1 Å². The number of hydrogen-bond acceptors (Lipinski definition) is 3. The second-order valence-electron chi connectivity index (χ2n) is 5.15. The molecule has 24 heavy (non-hydrogen) atoms. The molecule has 1 heterocycles. The van der Waals surface area contributed by atoms with E-state index in [2.05, 4.69) is 41.8 Å². The minimum absolute atomic E-state index is 0.255. The molecule has 0 aliphatic carbocycles. The molecular weight excluding hydrogens is 375 g/mol. The Morgan fingerprint density at radius 2 is 2.17 bits per heavy atom. The van der Waals surface area contributed by atoms with E-state index in [1.165, 1.54) is 6.07 Å². The van der Waals surface area contributed by atoms with Gasteiger partial charge in [-0.3, -0.25) is 0 Å². The summed E-state index contributed by atoms with van der Waals surface area (Å²) in [6.07, 6.45) is 2.57. The van der Waals surface area contributed by atoms with Crippen molar-refractivity contribution in [2.45, 2.75) is 33.4 Å². The Morgan fingerprint density at radius 1 is 1.33 bits per heavy atom. The molecule has 0 aliphatic heterocycles. The zero-order chi connectivity index (χ0) is 17.4. The second-order valence-corrected chi connectivity index (χ2v) is 6.07. The number of halogens is 2. The first kappa shape index (κ1) is 18.4. The summed E-state index contributed by atoms with van der Waals surface area (Å²) in [5.74, 6) is 1.35. The molecular formula is C16H22BrFN6. The predicted molar refractivity (Wildman–Crippen MR) is 96.3 cm³/mol. The maximum absolute atomic E-state index is 13.8. The smallest absolute Gasteiger partial charge is 0.191 e. The average Bonchev–Trinajstić information content (AvgIpc) is 3.03. The van der Waals surface area contributed by atoms with Crippen LogP contribution in [0.5, 0.6) is 0 Å². The monoisotopic (exact) mass is 396 g/mol. The Morgan fingerprint density at radius 3 is 2.92 bits per heavy atom. The SMILES string of the molecule is CCNC(=NCc1cc(Br)ccc1F)NCCn1cnnc1CC. The third-order valence-electron chi connectivity index (χ3n) is 3.42. The first-order chi connectivity index (χ1) is 11.6. The first-order valence-corrected chi connectivity index (χ1v) is 8.76. The van der Waals surface area contributed by atoms with Crippen LogP contribution in [0.2, 0.25) is 0 Å². The van der Waals surface area contributed by atoms with Crippen LogP contribution in [0.3, 0.4) is 0 Å². The van der Waals surface area contributed by atoms with Crippen molar-refractivity contribution >= 4 is 21.9 Å². The van der Waals surface area contributed by atoms with Gasteiger partial charge in [0.05, 0.1) is 6.54 Å². The standard InChI is InChI=1S/C16H22BrFN6/c1-3-15-23-22-11-24(15)8-7-20-16(19-4-2)21-10-12-9-13(17)5-6-14(12)18/h5-6,9,11H,3-4,7-8,10H2,1-2H3,(H2,19,20,21). The molecule has 0 unspecified atom stereocenters. The molecule has 2 rings (SSSR count). The summed E-state index contributed by atoms with van der Waals surface area (Å²) in [7, 11) is 0. The number of aliphatic imine (C=N–C) groups is 1. The molecule has 0 saturated heterocycles. The van der Waals surface area contributed by atoms with Crippen molar-refractivity contribution in [3.05, 3.63) is 46.2 Å². The van der Waals surface area contributed by atoms with Gasteiger partial charge in [0.15, 0.2) is 5.96 Å². The van der Waals surface area contributed by atoms with Crippen LogP contribution in [0, 0.1) is 5.82 Å². The van der Waals surface area contributed by atoms with Crippen LogP contribution in [0.1, 0.15) is 25.2 Å². The number of rotatable bonds is 7. The van der Waals surface area contributed by atoms with Crippen molar-refractivity contribution in [2.75, 3.05) is 13.1 Å². The molecule has 0 aliphatic rings. The maximum atomic E-state index is 13.8. The summed E-state index contributed by atoms with van der Waals surface area (Å²) in [6.45, 7) is 6.47. The fourth-order valence-corrected chi connectivity index (χ4v) is 2.61. The molecule has 0 radical (unpaired) electrons. The Balaban J connectivity index is 1.94. The summed E-state index contributed by atoms with van der Waals surface area (Å²) in [5, 5.41) is 14.4. The fraction of sp³-hybridized carbons (Fsp3) is 0.438. The van der Waals surface area contributed by atoms with Gasteiger partial charge in [0.1, 0.15) is 18.0 Å². The third-order valence-corrected chi connectivity index (χ3v) is 3.91. The van der Waals surface area contributed by atoms with Gasteiger partial charge in [0.25, 0.3) is 0 Å². The molecule has 0 atom stereocenters. The Labute approximate surface area is 149 Å². The van der Waals surface area contributed by atoms with Crippen molar-refractivity contribution in [3.8, 4) is 0 Å². The van der Waals surface area contributed by atoms with Gasteiger partial charge >= 0.3 is 0 Å². The quantitative estimate of drug-likeness (QED) is 0.557. The number of benzene rings is 1. The topological polar surface area (TPSA) is 67.1 Å². The molecule has 0 fully saturated rings. The van der Waals surface area contributed by atoms with Crippen LogP contribution < -0.4 is 10.6 Å². The van der Waals surface area contributed by atoms with Crippen LogP contribution in [-0.4, -0.2) is 33.8 Å². The number of aromatic nitrogens is 3. The summed E-state index contributed by atoms with van der Waals surface area (Å²) in [5.41, 5.74) is 0.550. The fourth-order valence-electron chi connectivity index (χ4n) is 2.20. The van der Waals surface area contributed by atoms with E-state index in [1.807, 2.05) is 18.4 Å². The molecule has 6 nitrogen and oxygen atoms in total. The van der Waals surface area contributed by atoms with Crippen molar-refractivity contribution in [2.24, 2.45) is 4.99 Å². The van der Waals surface area contributed by atoms with Gasteiger partial charge in [-0.2, -0.15) is 0 Å². The number of aryl methyl sites for hydroxylation is 1. The van der Waals surface area contributed by atoms with E-state index in [9.17, 15) is 4.39 Å². The van der Waals surface area contributed by atoms with Crippen LogP contribution >= 0.6 is 15.9 Å². The molecule has 2 N–H and O–H groups in total. The summed E-state index contributed by atoms with van der Waals surface area (Å²) >= 11 is 3.35. The van der Waals surface area contributed by atoms with Crippen molar-refractivity contribution < 1.29 is 4.39 Å². The number of nitrogens with one attached hydrogen (secondary N) is 2. The van der Waals surface area contributed by atoms with Gasteiger partial charge < -0.3 is 15.2 Å². The summed E-state index contributed by atoms with van der Waals surface area (Å²) in [4.78, 5) is 4.44. The number of hydrogen-bond donors (Lipinski definition) is 2. The molecule has 1 aromatic heterocycles. The lowest BCUT2D eigenvalue weighted by molar-refractivity contribution is 0.608. The minimum Gasteiger partial charge on any atom is -0.357 e. The highest BCUT2D eigenvalue weighted by molar-refractivity contribution is 9.10. The molecule has 0 saturated carbocycles. The Bertz CT molecular complexity index is 685. The van der Waals surface area contributed by atoms with Gasteiger partial charge in [-0.1, -0.05) is 22.9 Å². The first-order valence-electron chi connectivity index (χ1n) is 7.96. The highest BCUT2D eigenvalue weighted by Crippen LogP contribution is 2.16. The largest absolute Gasteiger partial charge is 0.357 e.